The maximum absolute atomic E-state index is 13.1. The summed E-state index contributed by atoms with van der Waals surface area (Å²) in [5.74, 6) is 0.606. The van der Waals surface area contributed by atoms with Crippen LogP contribution in [0, 0.1) is 5.82 Å². The average Bonchev–Trinajstić information content (AvgIpc) is 3.06. The summed E-state index contributed by atoms with van der Waals surface area (Å²) in [6, 6.07) is 12.2. The molecule has 0 saturated carbocycles. The van der Waals surface area contributed by atoms with Crippen molar-refractivity contribution < 1.29 is 8.94 Å². The maximum Gasteiger partial charge on any atom is 0.219 e. The van der Waals surface area contributed by atoms with Gasteiger partial charge in [-0.2, -0.15) is 8.75 Å². The fourth-order valence-electron chi connectivity index (χ4n) is 2.63. The van der Waals surface area contributed by atoms with E-state index in [1.807, 2.05) is 18.2 Å². The van der Waals surface area contributed by atoms with Crippen LogP contribution in [0.15, 0.2) is 58.6 Å². The lowest BCUT2D eigenvalue weighted by molar-refractivity contribution is 0.584. The van der Waals surface area contributed by atoms with Crippen molar-refractivity contribution in [1.82, 2.24) is 13.7 Å². The molecule has 142 valence electrons. The van der Waals surface area contributed by atoms with Crippen LogP contribution in [0.4, 0.5) is 10.2 Å². The number of H-pyrrole nitrogens is 2. The molecule has 1 aromatic carbocycles. The van der Waals surface area contributed by atoms with Crippen LogP contribution in [0.5, 0.6) is 0 Å². The van der Waals surface area contributed by atoms with Gasteiger partial charge in [0.15, 0.2) is 0 Å². The minimum atomic E-state index is -1.37. The van der Waals surface area contributed by atoms with Crippen LogP contribution in [-0.2, 0) is 6.54 Å². The molecule has 0 aliphatic rings. The number of pyridine rings is 1. The van der Waals surface area contributed by atoms with Crippen molar-refractivity contribution in [1.29, 1.82) is 0 Å². The van der Waals surface area contributed by atoms with Crippen LogP contribution >= 0.6 is 11.1 Å². The largest absolute Gasteiger partial charge is 0.549 e. The highest BCUT2D eigenvalue weighted by Gasteiger charge is 2.08. The Morgan fingerprint density at radius 3 is 2.63 bits per heavy atom. The zero-order chi connectivity index (χ0) is 19.1. The molecule has 3 aromatic rings. The SMILES string of the molecule is CN=c1[nH][s+]([O-])[nH]c1=NCCCN(Cc1ccc(F)cc1)c1ccccn1. The Labute approximate surface area is 159 Å². The van der Waals surface area contributed by atoms with Crippen LogP contribution in [-0.4, -0.2) is 38.4 Å². The highest BCUT2D eigenvalue weighted by atomic mass is 32.2. The van der Waals surface area contributed by atoms with E-state index in [0.717, 1.165) is 24.3 Å². The van der Waals surface area contributed by atoms with E-state index in [1.54, 1.807) is 25.4 Å². The molecular weight excluding hydrogens is 367 g/mol. The number of nitrogens with zero attached hydrogens (tertiary/aromatic N) is 4. The van der Waals surface area contributed by atoms with Gasteiger partial charge in [-0.25, -0.2) is 9.37 Å². The quantitative estimate of drug-likeness (QED) is 0.479. The van der Waals surface area contributed by atoms with Gasteiger partial charge in [-0.15, -0.1) is 0 Å². The van der Waals surface area contributed by atoms with Crippen molar-refractivity contribution >= 4 is 17.0 Å². The van der Waals surface area contributed by atoms with Gasteiger partial charge in [0, 0.05) is 32.9 Å². The second-order valence-electron chi connectivity index (χ2n) is 5.86. The number of benzene rings is 1. The van der Waals surface area contributed by atoms with E-state index >= 15 is 0 Å². The van der Waals surface area contributed by atoms with E-state index in [9.17, 15) is 8.94 Å². The predicted octanol–water partition coefficient (Wildman–Crippen LogP) is 2.13. The van der Waals surface area contributed by atoms with Crippen LogP contribution < -0.4 is 15.9 Å². The minimum absolute atomic E-state index is 0.248. The molecule has 0 aliphatic carbocycles. The Balaban J connectivity index is 1.69. The lowest BCUT2D eigenvalue weighted by Gasteiger charge is -2.23. The second kappa shape index (κ2) is 9.24. The van der Waals surface area contributed by atoms with Gasteiger partial charge < -0.3 is 9.45 Å². The molecule has 1 atom stereocenters. The van der Waals surface area contributed by atoms with Gasteiger partial charge in [0.1, 0.15) is 22.8 Å². The van der Waals surface area contributed by atoms with E-state index in [-0.39, 0.29) is 5.82 Å². The van der Waals surface area contributed by atoms with Crippen molar-refractivity contribution in [2.75, 3.05) is 25.0 Å². The summed E-state index contributed by atoms with van der Waals surface area (Å²) in [7, 11) is 1.62. The third-order valence-electron chi connectivity index (χ3n) is 3.94. The lowest BCUT2D eigenvalue weighted by atomic mass is 10.2. The number of hydrogen-bond acceptors (Lipinski definition) is 5. The van der Waals surface area contributed by atoms with Gasteiger partial charge in [0.05, 0.1) is 0 Å². The first-order chi connectivity index (χ1) is 13.2. The van der Waals surface area contributed by atoms with Crippen LogP contribution in [0.25, 0.3) is 0 Å². The summed E-state index contributed by atoms with van der Waals surface area (Å²) in [6.45, 7) is 1.90. The lowest BCUT2D eigenvalue weighted by Crippen LogP contribution is -2.27. The van der Waals surface area contributed by atoms with Crippen molar-refractivity contribution in [3.05, 3.63) is 71.0 Å². The molecule has 0 spiro atoms. The standard InChI is InChI=1S/C18H21FN6OS/c1-20-17-18(24-27(26)23-17)22-11-4-12-25(16-5-2-3-10-21-16)13-14-6-8-15(19)9-7-14/h2-3,5-10H,4,11-13H2,1H3,(H,20,23)(H,22,24). The van der Waals surface area contributed by atoms with Gasteiger partial charge >= 0.3 is 0 Å². The smallest absolute Gasteiger partial charge is 0.219 e. The van der Waals surface area contributed by atoms with Crippen LogP contribution in [0.2, 0.25) is 0 Å². The molecule has 0 amide bonds. The van der Waals surface area contributed by atoms with Crippen molar-refractivity contribution in [2.45, 2.75) is 13.0 Å². The molecule has 0 bridgehead atoms. The molecular formula is C18H21FN6OS. The number of aromatic nitrogens is 3. The molecule has 2 aromatic heterocycles. The maximum atomic E-state index is 13.1. The summed E-state index contributed by atoms with van der Waals surface area (Å²) in [5, 5.41) is 0. The van der Waals surface area contributed by atoms with E-state index in [2.05, 4.69) is 28.6 Å². The first-order valence-electron chi connectivity index (χ1n) is 8.53. The van der Waals surface area contributed by atoms with Crippen LogP contribution in [0.1, 0.15) is 12.0 Å². The highest BCUT2D eigenvalue weighted by molar-refractivity contribution is 7.13. The van der Waals surface area contributed by atoms with E-state index in [4.69, 9.17) is 0 Å². The van der Waals surface area contributed by atoms with Crippen molar-refractivity contribution in [3.63, 3.8) is 0 Å². The molecule has 0 aliphatic heterocycles. The summed E-state index contributed by atoms with van der Waals surface area (Å²) >= 11 is -1.37. The zero-order valence-electron chi connectivity index (χ0n) is 14.9. The number of nitrogens with one attached hydrogen (secondary N) is 2. The Hall–Kier alpha value is -2.78. The van der Waals surface area contributed by atoms with E-state index < -0.39 is 11.1 Å². The molecule has 2 N–H and O–H groups in total. The number of halogens is 1. The molecule has 7 nitrogen and oxygen atoms in total. The highest BCUT2D eigenvalue weighted by Crippen LogP contribution is 2.15. The van der Waals surface area contributed by atoms with Gasteiger partial charge in [-0.3, -0.25) is 9.98 Å². The topological polar surface area (TPSA) is 95.5 Å². The van der Waals surface area contributed by atoms with Crippen LogP contribution in [0.3, 0.4) is 0 Å². The molecule has 0 radical (unpaired) electrons. The molecule has 2 heterocycles. The third kappa shape index (κ3) is 5.35. The van der Waals surface area contributed by atoms with Gasteiger partial charge in [-0.05, 0) is 36.2 Å². The van der Waals surface area contributed by atoms with Gasteiger partial charge in [-0.1, -0.05) is 18.2 Å². The fraction of sp³-hybridized carbons (Fsp3) is 0.278. The average molecular weight is 388 g/mol. The summed E-state index contributed by atoms with van der Waals surface area (Å²) in [4.78, 5) is 15.0. The minimum Gasteiger partial charge on any atom is -0.549 e. The van der Waals surface area contributed by atoms with Gasteiger partial charge in [0.2, 0.25) is 11.0 Å². The molecule has 0 fully saturated rings. The van der Waals surface area contributed by atoms with E-state index in [1.165, 1.54) is 12.1 Å². The monoisotopic (exact) mass is 388 g/mol. The Morgan fingerprint density at radius 2 is 1.93 bits per heavy atom. The summed E-state index contributed by atoms with van der Waals surface area (Å²) in [5.41, 5.74) is 2.02. The molecule has 1 unspecified atom stereocenters. The Morgan fingerprint density at radius 1 is 1.15 bits per heavy atom. The fourth-order valence-corrected chi connectivity index (χ4v) is 3.39. The zero-order valence-corrected chi connectivity index (χ0v) is 15.7. The number of hydrogen-bond donors (Lipinski definition) is 2. The first kappa shape index (κ1) is 19.0. The Bertz CT molecular complexity index is 977. The molecule has 3 rings (SSSR count). The third-order valence-corrected chi connectivity index (χ3v) is 4.70. The normalized spacial score (nSPS) is 13.2. The number of aromatic amines is 2. The van der Waals surface area contributed by atoms with Crippen molar-refractivity contribution in [2.24, 2.45) is 9.98 Å². The first-order valence-corrected chi connectivity index (χ1v) is 9.68. The number of anilines is 1. The second-order valence-corrected chi connectivity index (χ2v) is 6.81. The predicted molar refractivity (Wildman–Crippen MR) is 102 cm³/mol. The molecule has 9 heteroatoms. The van der Waals surface area contributed by atoms with Gasteiger partial charge in [0.25, 0.3) is 0 Å². The van der Waals surface area contributed by atoms with Crippen molar-refractivity contribution in [3.8, 4) is 0 Å². The number of rotatable bonds is 7. The van der Waals surface area contributed by atoms with E-state index in [0.29, 0.717) is 24.1 Å². The summed E-state index contributed by atoms with van der Waals surface area (Å²) < 4.78 is 30.0. The Kier molecular flexibility index (Phi) is 6.50. The summed E-state index contributed by atoms with van der Waals surface area (Å²) in [6.07, 6.45) is 2.52. The molecule has 27 heavy (non-hydrogen) atoms. The molecule has 0 saturated heterocycles.